The van der Waals surface area contributed by atoms with E-state index in [0.717, 1.165) is 24.0 Å². The van der Waals surface area contributed by atoms with E-state index in [1.54, 1.807) is 5.48 Å². The number of aliphatic hydroxyl groups excluding tert-OH is 2. The Bertz CT molecular complexity index is 796. The van der Waals surface area contributed by atoms with Crippen molar-refractivity contribution in [1.82, 2.24) is 14.5 Å². The van der Waals surface area contributed by atoms with Crippen molar-refractivity contribution in [2.24, 2.45) is 0 Å². The zero-order valence-electron chi connectivity index (χ0n) is 12.3. The Morgan fingerprint density at radius 2 is 2.29 bits per heavy atom. The number of ether oxygens (including phenoxy) is 1. The summed E-state index contributed by atoms with van der Waals surface area (Å²) in [6.45, 7) is 0.430. The molecule has 0 unspecified atom stereocenters. The Morgan fingerprint density at radius 1 is 1.58 bits per heavy atom. The van der Waals surface area contributed by atoms with Crippen molar-refractivity contribution >= 4 is 22.5 Å². The highest BCUT2D eigenvalue weighted by atomic mass is 19.1. The maximum atomic E-state index is 14.9. The molecule has 1 aliphatic heterocycles. The number of nitrogens with zero attached hydrogens (tertiary/aromatic N) is 4. The average Bonchev–Trinajstić information content (AvgIpc) is 3.04. The molecule has 24 heavy (non-hydrogen) atoms. The standard InChI is InChI=1S/C12H14FN5O6/c1-12(13)8(20)6(3-19)24-11(12)17-2-5(18(22)23)7-9(16-21)14-4-15-10(7)17/h2,4,6,8,11,19-21H,3H2,1H3,(H,14,15,16)/t6-,8-,11-,12-/m1/s1. The lowest BCUT2D eigenvalue weighted by Crippen LogP contribution is -2.40. The number of aliphatic hydroxyl groups is 2. The van der Waals surface area contributed by atoms with Crippen LogP contribution < -0.4 is 5.48 Å². The van der Waals surface area contributed by atoms with E-state index in [4.69, 9.17) is 9.94 Å². The zero-order valence-corrected chi connectivity index (χ0v) is 12.3. The normalized spacial score (nSPS) is 30.0. The number of hydrogen-bond acceptors (Lipinski definition) is 9. The minimum absolute atomic E-state index is 0.0760. The first kappa shape index (κ1) is 16.4. The molecule has 11 nitrogen and oxygen atoms in total. The van der Waals surface area contributed by atoms with Crippen LogP contribution in [0.25, 0.3) is 11.0 Å². The molecule has 0 radical (unpaired) electrons. The molecule has 0 spiro atoms. The summed E-state index contributed by atoms with van der Waals surface area (Å²) in [6, 6.07) is 0. The maximum Gasteiger partial charge on any atom is 0.300 e. The zero-order chi connectivity index (χ0) is 17.6. The van der Waals surface area contributed by atoms with Crippen LogP contribution in [0.3, 0.4) is 0 Å². The summed E-state index contributed by atoms with van der Waals surface area (Å²) < 4.78 is 21.3. The first-order valence-electron chi connectivity index (χ1n) is 6.86. The van der Waals surface area contributed by atoms with E-state index < -0.39 is 41.3 Å². The molecule has 4 atom stereocenters. The van der Waals surface area contributed by atoms with Crippen LogP contribution in [0, 0.1) is 10.1 Å². The summed E-state index contributed by atoms with van der Waals surface area (Å²) in [5.74, 6) is -0.233. The number of rotatable bonds is 4. The lowest BCUT2D eigenvalue weighted by molar-refractivity contribution is -0.383. The van der Waals surface area contributed by atoms with Gasteiger partial charge >= 0.3 is 0 Å². The van der Waals surface area contributed by atoms with Gasteiger partial charge < -0.3 is 14.9 Å². The van der Waals surface area contributed by atoms with Crippen LogP contribution in [0.4, 0.5) is 15.9 Å². The molecule has 1 saturated heterocycles. The van der Waals surface area contributed by atoms with E-state index in [0.29, 0.717) is 0 Å². The van der Waals surface area contributed by atoms with Gasteiger partial charge in [-0.05, 0) is 6.92 Å². The Labute approximate surface area is 133 Å². The number of fused-ring (bicyclic) bond motifs is 1. The van der Waals surface area contributed by atoms with Crippen molar-refractivity contribution in [2.75, 3.05) is 12.1 Å². The predicted molar refractivity (Wildman–Crippen MR) is 76.1 cm³/mol. The quantitative estimate of drug-likeness (QED) is 0.447. The minimum atomic E-state index is -2.34. The second-order valence-electron chi connectivity index (χ2n) is 5.52. The van der Waals surface area contributed by atoms with Crippen molar-refractivity contribution in [2.45, 2.75) is 31.0 Å². The molecule has 4 N–H and O–H groups in total. The highest BCUT2D eigenvalue weighted by Crippen LogP contribution is 2.44. The highest BCUT2D eigenvalue weighted by molar-refractivity contribution is 5.95. The minimum Gasteiger partial charge on any atom is -0.394 e. The van der Waals surface area contributed by atoms with Gasteiger partial charge in [-0.15, -0.1) is 0 Å². The number of nitro groups is 1. The second kappa shape index (κ2) is 5.59. The molecular weight excluding hydrogens is 329 g/mol. The molecule has 2 aromatic rings. The molecule has 3 heterocycles. The average molecular weight is 343 g/mol. The van der Waals surface area contributed by atoms with Gasteiger partial charge in [-0.2, -0.15) is 0 Å². The van der Waals surface area contributed by atoms with Crippen molar-refractivity contribution in [3.63, 3.8) is 0 Å². The van der Waals surface area contributed by atoms with Crippen LogP contribution in [0.1, 0.15) is 13.2 Å². The van der Waals surface area contributed by atoms with Crippen molar-refractivity contribution in [1.29, 1.82) is 0 Å². The Morgan fingerprint density at radius 3 is 2.83 bits per heavy atom. The molecule has 0 amide bonds. The number of nitrogens with one attached hydrogen (secondary N) is 1. The van der Waals surface area contributed by atoms with Crippen LogP contribution in [0.5, 0.6) is 0 Å². The van der Waals surface area contributed by atoms with Crippen molar-refractivity contribution < 1.29 is 29.5 Å². The van der Waals surface area contributed by atoms with Gasteiger partial charge in [0.05, 0.1) is 17.7 Å². The molecule has 0 saturated carbocycles. The Balaban J connectivity index is 2.23. The molecule has 12 heteroatoms. The molecule has 1 aliphatic rings. The topological polar surface area (TPSA) is 156 Å². The maximum absolute atomic E-state index is 14.9. The molecular formula is C12H14FN5O6. The molecule has 130 valence electrons. The van der Waals surface area contributed by atoms with Crippen molar-refractivity contribution in [3.05, 3.63) is 22.6 Å². The van der Waals surface area contributed by atoms with Gasteiger partial charge in [0, 0.05) is 0 Å². The fourth-order valence-electron chi connectivity index (χ4n) is 2.83. The SMILES string of the molecule is C[C@@]1(F)[C@H](O)[C@@H](CO)O[C@H]1n1cc([N+](=O)[O-])c2c(NO)ncnc21. The Hall–Kier alpha value is -2.41. The number of hydrogen-bond donors (Lipinski definition) is 4. The largest absolute Gasteiger partial charge is 0.394 e. The van der Waals surface area contributed by atoms with E-state index in [1.807, 2.05) is 0 Å². The van der Waals surface area contributed by atoms with Crippen LogP contribution in [-0.4, -0.2) is 59.4 Å². The summed E-state index contributed by atoms with van der Waals surface area (Å²) in [6.07, 6.45) is -2.30. The van der Waals surface area contributed by atoms with Crippen molar-refractivity contribution in [3.8, 4) is 0 Å². The third-order valence-electron chi connectivity index (χ3n) is 4.04. The number of halogens is 1. The summed E-state index contributed by atoms with van der Waals surface area (Å²) >= 11 is 0. The van der Waals surface area contributed by atoms with E-state index in [2.05, 4.69) is 9.97 Å². The summed E-state index contributed by atoms with van der Waals surface area (Å²) in [5.41, 5.74) is -1.18. The first-order chi connectivity index (χ1) is 11.3. The predicted octanol–water partition coefficient (Wildman–Crippen LogP) is 0.119. The number of anilines is 1. The van der Waals surface area contributed by atoms with Gasteiger partial charge in [0.25, 0.3) is 5.69 Å². The van der Waals surface area contributed by atoms with Gasteiger partial charge in [-0.3, -0.25) is 25.4 Å². The molecule has 1 fully saturated rings. The van der Waals surface area contributed by atoms with Gasteiger partial charge in [0.15, 0.2) is 23.4 Å². The van der Waals surface area contributed by atoms with Gasteiger partial charge in [-0.25, -0.2) is 14.4 Å². The lowest BCUT2D eigenvalue weighted by Gasteiger charge is -2.24. The van der Waals surface area contributed by atoms with Crippen LogP contribution >= 0.6 is 0 Å². The molecule has 2 aromatic heterocycles. The summed E-state index contributed by atoms with van der Waals surface area (Å²) in [5, 5.41) is 39.3. The smallest absolute Gasteiger partial charge is 0.300 e. The first-order valence-corrected chi connectivity index (χ1v) is 6.86. The van der Waals surface area contributed by atoms with Gasteiger partial charge in [-0.1, -0.05) is 0 Å². The van der Waals surface area contributed by atoms with Crippen LogP contribution in [0.2, 0.25) is 0 Å². The molecule has 3 rings (SSSR count). The lowest BCUT2D eigenvalue weighted by atomic mass is 9.98. The summed E-state index contributed by atoms with van der Waals surface area (Å²) in [7, 11) is 0. The van der Waals surface area contributed by atoms with Crippen LogP contribution in [0.15, 0.2) is 12.5 Å². The van der Waals surface area contributed by atoms with E-state index in [-0.39, 0.29) is 16.9 Å². The van der Waals surface area contributed by atoms with Crippen LogP contribution in [-0.2, 0) is 4.74 Å². The van der Waals surface area contributed by atoms with E-state index in [9.17, 15) is 24.7 Å². The number of aromatic nitrogens is 3. The third-order valence-corrected chi connectivity index (χ3v) is 4.04. The number of alkyl halides is 1. The second-order valence-corrected chi connectivity index (χ2v) is 5.52. The fourth-order valence-corrected chi connectivity index (χ4v) is 2.83. The van der Waals surface area contributed by atoms with Gasteiger partial charge in [0.2, 0.25) is 0 Å². The third kappa shape index (κ3) is 2.19. The molecule has 0 aromatic carbocycles. The monoisotopic (exact) mass is 343 g/mol. The summed E-state index contributed by atoms with van der Waals surface area (Å²) in [4.78, 5) is 18.1. The van der Waals surface area contributed by atoms with E-state index >= 15 is 0 Å². The fraction of sp³-hybridized carbons (Fsp3) is 0.500. The molecule has 0 bridgehead atoms. The van der Waals surface area contributed by atoms with Gasteiger partial charge in [0.1, 0.15) is 23.9 Å². The molecule has 0 aliphatic carbocycles. The Kier molecular flexibility index (Phi) is 3.83. The highest BCUT2D eigenvalue weighted by Gasteiger charge is 2.55. The van der Waals surface area contributed by atoms with E-state index in [1.165, 1.54) is 0 Å².